The number of nitrogens with zero attached hydrogens (tertiary/aromatic N) is 3. The lowest BCUT2D eigenvalue weighted by Gasteiger charge is -2.20. The van der Waals surface area contributed by atoms with Gasteiger partial charge < -0.3 is 24.2 Å². The quantitative estimate of drug-likeness (QED) is 0.386. The number of ether oxygens (including phenoxy) is 3. The van der Waals surface area contributed by atoms with Crippen LogP contribution in [0.25, 0.3) is 0 Å². The lowest BCUT2D eigenvalue weighted by atomic mass is 9.98. The predicted octanol–water partition coefficient (Wildman–Crippen LogP) is 5.00. The molecule has 1 atom stereocenters. The van der Waals surface area contributed by atoms with Crippen molar-refractivity contribution in [2.75, 3.05) is 32.2 Å². The molecule has 3 aromatic rings. The van der Waals surface area contributed by atoms with Gasteiger partial charge in [-0.2, -0.15) is 4.98 Å². The SMILES string of the molecule is COc1ccc(Oc2ncc(C)c(N(C)CCCOc3ccc4c(c3)CC[C@H]4CC(=O)O)n2)cc1. The maximum atomic E-state index is 11.1. The van der Waals surface area contributed by atoms with Gasteiger partial charge in [-0.05, 0) is 79.6 Å². The smallest absolute Gasteiger partial charge is 0.323 e. The Morgan fingerprint density at radius 1 is 1.14 bits per heavy atom. The minimum atomic E-state index is -0.745. The Hall–Kier alpha value is -3.81. The third kappa shape index (κ3) is 6.20. The van der Waals surface area contributed by atoms with Crippen molar-refractivity contribution in [1.29, 1.82) is 0 Å². The van der Waals surface area contributed by atoms with Gasteiger partial charge in [0.25, 0.3) is 0 Å². The highest BCUT2D eigenvalue weighted by atomic mass is 16.5. The molecule has 1 N–H and O–H groups in total. The highest BCUT2D eigenvalue weighted by Crippen LogP contribution is 2.37. The van der Waals surface area contributed by atoms with Crippen LogP contribution < -0.4 is 19.1 Å². The van der Waals surface area contributed by atoms with Gasteiger partial charge in [-0.1, -0.05) is 6.07 Å². The van der Waals surface area contributed by atoms with E-state index in [1.165, 1.54) is 5.56 Å². The highest BCUT2D eigenvalue weighted by Gasteiger charge is 2.24. The zero-order valence-corrected chi connectivity index (χ0v) is 20.4. The summed E-state index contributed by atoms with van der Waals surface area (Å²) in [7, 11) is 3.61. The topological polar surface area (TPSA) is 94.0 Å². The molecule has 8 nitrogen and oxygen atoms in total. The molecule has 0 spiro atoms. The van der Waals surface area contributed by atoms with E-state index in [1.54, 1.807) is 13.3 Å². The molecule has 0 unspecified atom stereocenters. The molecule has 4 rings (SSSR count). The number of aromatic nitrogens is 2. The number of benzene rings is 2. The minimum absolute atomic E-state index is 0.111. The maximum Gasteiger partial charge on any atom is 0.323 e. The second kappa shape index (κ2) is 11.1. The predicted molar refractivity (Wildman–Crippen MR) is 133 cm³/mol. The van der Waals surface area contributed by atoms with Crippen molar-refractivity contribution in [2.24, 2.45) is 0 Å². The number of carboxylic acid groups (broad SMARTS) is 1. The Balaban J connectivity index is 1.29. The largest absolute Gasteiger partial charge is 0.497 e. The molecule has 2 aromatic carbocycles. The first-order valence-corrected chi connectivity index (χ1v) is 11.8. The summed E-state index contributed by atoms with van der Waals surface area (Å²) in [6, 6.07) is 13.6. The molecule has 0 amide bonds. The number of hydrogen-bond acceptors (Lipinski definition) is 7. The van der Waals surface area contributed by atoms with Crippen LogP contribution in [0.4, 0.5) is 5.82 Å². The van der Waals surface area contributed by atoms with Gasteiger partial charge in [-0.25, -0.2) is 4.98 Å². The van der Waals surface area contributed by atoms with Gasteiger partial charge in [0.1, 0.15) is 23.1 Å². The summed E-state index contributed by atoms with van der Waals surface area (Å²) in [4.78, 5) is 22.0. The van der Waals surface area contributed by atoms with E-state index in [0.29, 0.717) is 18.4 Å². The summed E-state index contributed by atoms with van der Waals surface area (Å²) < 4.78 is 17.0. The summed E-state index contributed by atoms with van der Waals surface area (Å²) in [5, 5.41) is 9.09. The number of carbonyl (C=O) groups is 1. The van der Waals surface area contributed by atoms with E-state index in [4.69, 9.17) is 19.3 Å². The maximum absolute atomic E-state index is 11.1. The lowest BCUT2D eigenvalue weighted by Crippen LogP contribution is -2.22. The van der Waals surface area contributed by atoms with E-state index >= 15 is 0 Å². The van der Waals surface area contributed by atoms with Gasteiger partial charge in [0, 0.05) is 25.4 Å². The molecule has 1 aliphatic rings. The molecular formula is C27H31N3O5. The fourth-order valence-electron chi connectivity index (χ4n) is 4.39. The average Bonchev–Trinajstić information content (AvgIpc) is 3.24. The van der Waals surface area contributed by atoms with Crippen molar-refractivity contribution in [1.82, 2.24) is 9.97 Å². The number of aliphatic carboxylic acids is 1. The zero-order chi connectivity index (χ0) is 24.8. The Kier molecular flexibility index (Phi) is 7.70. The zero-order valence-electron chi connectivity index (χ0n) is 20.4. The molecule has 35 heavy (non-hydrogen) atoms. The van der Waals surface area contributed by atoms with Crippen LogP contribution in [0.1, 0.15) is 41.9 Å². The molecule has 1 heterocycles. The van der Waals surface area contributed by atoms with Gasteiger partial charge in [-0.15, -0.1) is 0 Å². The molecule has 8 heteroatoms. The van der Waals surface area contributed by atoms with E-state index in [2.05, 4.69) is 20.9 Å². The molecule has 184 valence electrons. The first-order valence-electron chi connectivity index (χ1n) is 11.8. The minimum Gasteiger partial charge on any atom is -0.497 e. The van der Waals surface area contributed by atoms with Crippen molar-refractivity contribution in [3.05, 3.63) is 65.4 Å². The van der Waals surface area contributed by atoms with E-state index in [-0.39, 0.29) is 12.3 Å². The Morgan fingerprint density at radius 3 is 2.63 bits per heavy atom. The molecule has 0 aliphatic heterocycles. The number of anilines is 1. The number of fused-ring (bicyclic) bond motifs is 1. The summed E-state index contributed by atoms with van der Waals surface area (Å²) in [6.07, 6.45) is 4.55. The summed E-state index contributed by atoms with van der Waals surface area (Å²) >= 11 is 0. The second-order valence-electron chi connectivity index (χ2n) is 8.75. The van der Waals surface area contributed by atoms with Crippen molar-refractivity contribution in [3.8, 4) is 23.3 Å². The van der Waals surface area contributed by atoms with Gasteiger partial charge in [-0.3, -0.25) is 4.79 Å². The van der Waals surface area contributed by atoms with Crippen LogP contribution >= 0.6 is 0 Å². The summed E-state index contributed by atoms with van der Waals surface area (Å²) in [5.74, 6) is 2.40. The fourth-order valence-corrected chi connectivity index (χ4v) is 4.39. The van der Waals surface area contributed by atoms with Crippen LogP contribution in [0.5, 0.6) is 23.3 Å². The lowest BCUT2D eigenvalue weighted by molar-refractivity contribution is -0.137. The Morgan fingerprint density at radius 2 is 1.89 bits per heavy atom. The van der Waals surface area contributed by atoms with Crippen molar-refractivity contribution in [3.63, 3.8) is 0 Å². The van der Waals surface area contributed by atoms with Crippen LogP contribution in [0, 0.1) is 6.92 Å². The first kappa shape index (κ1) is 24.3. The van der Waals surface area contributed by atoms with Crippen LogP contribution in [-0.2, 0) is 11.2 Å². The van der Waals surface area contributed by atoms with Gasteiger partial charge in [0.15, 0.2) is 0 Å². The molecule has 0 radical (unpaired) electrons. The standard InChI is InChI=1S/C27H31N3O5/c1-18-17-28-27(35-22-9-7-21(33-3)8-10-22)29-26(18)30(2)13-4-14-34-23-11-12-24-19(15-23)5-6-20(24)16-25(31)32/h7-12,15,17,20H,4-6,13-14,16H2,1-3H3,(H,31,32)/t20-/m0/s1. The third-order valence-corrected chi connectivity index (χ3v) is 6.20. The Labute approximate surface area is 205 Å². The van der Waals surface area contributed by atoms with Crippen LogP contribution in [0.15, 0.2) is 48.7 Å². The van der Waals surface area contributed by atoms with E-state index in [0.717, 1.165) is 54.3 Å². The number of carboxylic acids is 1. The van der Waals surface area contributed by atoms with E-state index in [1.807, 2.05) is 50.4 Å². The molecule has 0 saturated heterocycles. The molecule has 0 saturated carbocycles. The Bertz CT molecular complexity index is 1170. The first-order chi connectivity index (χ1) is 16.9. The molecular weight excluding hydrogens is 446 g/mol. The fraction of sp³-hybridized carbons (Fsp3) is 0.370. The monoisotopic (exact) mass is 477 g/mol. The number of aryl methyl sites for hydroxylation is 2. The van der Waals surface area contributed by atoms with Crippen molar-refractivity contribution < 1.29 is 24.1 Å². The summed E-state index contributed by atoms with van der Waals surface area (Å²) in [6.45, 7) is 3.30. The van der Waals surface area contributed by atoms with Crippen molar-refractivity contribution >= 4 is 11.8 Å². The number of hydrogen-bond donors (Lipinski definition) is 1. The second-order valence-corrected chi connectivity index (χ2v) is 8.75. The molecule has 0 bridgehead atoms. The molecule has 1 aliphatic carbocycles. The number of methoxy groups -OCH3 is 1. The summed E-state index contributed by atoms with van der Waals surface area (Å²) in [5.41, 5.74) is 3.31. The normalized spacial score (nSPS) is 14.3. The van der Waals surface area contributed by atoms with E-state index < -0.39 is 5.97 Å². The van der Waals surface area contributed by atoms with Crippen molar-refractivity contribution in [2.45, 2.75) is 38.5 Å². The van der Waals surface area contributed by atoms with Gasteiger partial charge in [0.05, 0.1) is 20.1 Å². The average molecular weight is 478 g/mol. The van der Waals surface area contributed by atoms with Gasteiger partial charge in [0.2, 0.25) is 0 Å². The van der Waals surface area contributed by atoms with Crippen LogP contribution in [-0.4, -0.2) is 48.4 Å². The van der Waals surface area contributed by atoms with Crippen LogP contribution in [0.3, 0.4) is 0 Å². The third-order valence-electron chi connectivity index (χ3n) is 6.20. The molecule has 1 aromatic heterocycles. The van der Waals surface area contributed by atoms with Crippen LogP contribution in [0.2, 0.25) is 0 Å². The van der Waals surface area contributed by atoms with Gasteiger partial charge >= 0.3 is 12.0 Å². The number of rotatable bonds is 11. The highest BCUT2D eigenvalue weighted by molar-refractivity contribution is 5.68. The van der Waals surface area contributed by atoms with E-state index in [9.17, 15) is 4.79 Å². The molecule has 0 fully saturated rings.